The third-order valence-electron chi connectivity index (χ3n) is 6.73. The SMILES string of the molecule is CCCCOc1cccc(C(O)=C2C(=O)C(=O)N(c3nc4ccc(C)cc4s3)C2c2ccc(OCCC)cc2)c1. The standard InChI is InChI=1S/C32H32N2O5S/c1-4-6-17-39-24-9-7-8-22(19-24)29(35)27-28(21-11-13-23(14-12-21)38-16-5-2)34(31(37)30(27)36)32-33-25-15-10-20(3)18-26(25)40-32/h7-15,18-19,28,35H,4-6,16-17H2,1-3H3. The zero-order valence-electron chi connectivity index (χ0n) is 22.8. The number of carbonyl (C=O) groups excluding carboxylic acids is 2. The molecule has 1 aliphatic rings. The van der Waals surface area contributed by atoms with Gasteiger partial charge in [-0.2, -0.15) is 0 Å². The molecule has 0 radical (unpaired) electrons. The number of amides is 1. The number of fused-ring (bicyclic) bond motifs is 1. The Hall–Kier alpha value is -4.17. The van der Waals surface area contributed by atoms with E-state index in [1.807, 2.05) is 56.3 Å². The average molecular weight is 557 g/mol. The largest absolute Gasteiger partial charge is 0.507 e. The number of ketones is 1. The number of aliphatic hydroxyl groups is 1. The van der Waals surface area contributed by atoms with Gasteiger partial charge in [-0.25, -0.2) is 4.98 Å². The summed E-state index contributed by atoms with van der Waals surface area (Å²) in [5.41, 5.74) is 2.89. The molecule has 2 heterocycles. The first-order chi connectivity index (χ1) is 19.4. The number of aryl methyl sites for hydroxylation is 1. The lowest BCUT2D eigenvalue weighted by Gasteiger charge is -2.23. The van der Waals surface area contributed by atoms with Crippen LogP contribution in [0.3, 0.4) is 0 Å². The van der Waals surface area contributed by atoms with E-state index in [-0.39, 0.29) is 11.3 Å². The molecule has 1 amide bonds. The van der Waals surface area contributed by atoms with Gasteiger partial charge in [0.2, 0.25) is 0 Å². The predicted molar refractivity (Wildman–Crippen MR) is 158 cm³/mol. The zero-order chi connectivity index (χ0) is 28.2. The molecule has 1 saturated heterocycles. The highest BCUT2D eigenvalue weighted by molar-refractivity contribution is 7.22. The van der Waals surface area contributed by atoms with Crippen molar-refractivity contribution >= 4 is 44.1 Å². The summed E-state index contributed by atoms with van der Waals surface area (Å²) in [7, 11) is 0. The first-order valence-electron chi connectivity index (χ1n) is 13.6. The Morgan fingerprint density at radius 2 is 1.73 bits per heavy atom. The molecule has 1 aromatic heterocycles. The van der Waals surface area contributed by atoms with Crippen LogP contribution < -0.4 is 14.4 Å². The smallest absolute Gasteiger partial charge is 0.301 e. The summed E-state index contributed by atoms with van der Waals surface area (Å²) in [6.45, 7) is 7.24. The second-order valence-corrected chi connectivity index (χ2v) is 10.8. The van der Waals surface area contributed by atoms with Crippen LogP contribution in [-0.2, 0) is 9.59 Å². The number of carbonyl (C=O) groups is 2. The van der Waals surface area contributed by atoms with Crippen LogP contribution in [0.5, 0.6) is 11.5 Å². The monoisotopic (exact) mass is 556 g/mol. The quantitative estimate of drug-likeness (QED) is 0.0962. The molecule has 40 heavy (non-hydrogen) atoms. The van der Waals surface area contributed by atoms with Crippen LogP contribution >= 0.6 is 11.3 Å². The molecule has 1 atom stereocenters. The Morgan fingerprint density at radius 1 is 0.950 bits per heavy atom. The molecular weight excluding hydrogens is 524 g/mol. The van der Waals surface area contributed by atoms with E-state index in [9.17, 15) is 14.7 Å². The Balaban J connectivity index is 1.62. The second kappa shape index (κ2) is 11.9. The Labute approximate surface area is 237 Å². The van der Waals surface area contributed by atoms with Crippen LogP contribution in [0.4, 0.5) is 5.13 Å². The minimum atomic E-state index is -0.869. The molecule has 1 aliphatic heterocycles. The number of unbranched alkanes of at least 4 members (excludes halogenated alkanes) is 1. The lowest BCUT2D eigenvalue weighted by atomic mass is 9.95. The number of aromatic nitrogens is 1. The molecule has 7 nitrogen and oxygen atoms in total. The molecule has 1 unspecified atom stereocenters. The summed E-state index contributed by atoms with van der Waals surface area (Å²) in [4.78, 5) is 33.2. The van der Waals surface area contributed by atoms with E-state index in [0.29, 0.717) is 41.0 Å². The fourth-order valence-corrected chi connectivity index (χ4v) is 5.75. The fourth-order valence-electron chi connectivity index (χ4n) is 4.66. The lowest BCUT2D eigenvalue weighted by molar-refractivity contribution is -0.132. The Bertz CT molecular complexity index is 1570. The molecule has 0 spiro atoms. The van der Waals surface area contributed by atoms with E-state index in [1.54, 1.807) is 24.3 Å². The van der Waals surface area contributed by atoms with E-state index in [0.717, 1.165) is 35.0 Å². The molecule has 5 rings (SSSR count). The van der Waals surface area contributed by atoms with Crippen molar-refractivity contribution in [1.29, 1.82) is 0 Å². The highest BCUT2D eigenvalue weighted by Crippen LogP contribution is 2.44. The summed E-state index contributed by atoms with van der Waals surface area (Å²) in [6, 6.07) is 19.2. The summed E-state index contributed by atoms with van der Waals surface area (Å²) in [5, 5.41) is 11.9. The van der Waals surface area contributed by atoms with Gasteiger partial charge < -0.3 is 14.6 Å². The van der Waals surface area contributed by atoms with Gasteiger partial charge >= 0.3 is 5.91 Å². The van der Waals surface area contributed by atoms with E-state index in [4.69, 9.17) is 14.5 Å². The maximum atomic E-state index is 13.6. The number of hydrogen-bond acceptors (Lipinski definition) is 7. The van der Waals surface area contributed by atoms with E-state index in [1.165, 1.54) is 16.2 Å². The molecule has 1 fully saturated rings. The summed E-state index contributed by atoms with van der Waals surface area (Å²) in [6.07, 6.45) is 2.78. The van der Waals surface area contributed by atoms with Crippen molar-refractivity contribution in [1.82, 2.24) is 4.98 Å². The van der Waals surface area contributed by atoms with Gasteiger partial charge in [0.25, 0.3) is 5.78 Å². The minimum Gasteiger partial charge on any atom is -0.507 e. The topological polar surface area (TPSA) is 89.0 Å². The number of nitrogens with zero attached hydrogens (tertiary/aromatic N) is 2. The van der Waals surface area contributed by atoms with Crippen molar-refractivity contribution in [2.45, 2.75) is 46.1 Å². The van der Waals surface area contributed by atoms with Crippen LogP contribution in [0.1, 0.15) is 55.8 Å². The van der Waals surface area contributed by atoms with Gasteiger partial charge in [-0.15, -0.1) is 0 Å². The number of rotatable bonds is 10. The Kier molecular flexibility index (Phi) is 8.16. The molecule has 0 bridgehead atoms. The van der Waals surface area contributed by atoms with Gasteiger partial charge in [0.05, 0.1) is 35.0 Å². The van der Waals surface area contributed by atoms with Crippen molar-refractivity contribution in [3.05, 3.63) is 89.0 Å². The number of aliphatic hydroxyl groups excluding tert-OH is 1. The Morgan fingerprint density at radius 3 is 2.48 bits per heavy atom. The maximum Gasteiger partial charge on any atom is 0.301 e. The van der Waals surface area contributed by atoms with Gasteiger partial charge in [0.15, 0.2) is 5.13 Å². The van der Waals surface area contributed by atoms with Gasteiger partial charge in [0, 0.05) is 5.56 Å². The van der Waals surface area contributed by atoms with Crippen molar-refractivity contribution in [2.24, 2.45) is 0 Å². The number of Topliss-reactive ketones (excluding diaryl/α,β-unsaturated/α-hetero) is 1. The zero-order valence-corrected chi connectivity index (χ0v) is 23.7. The lowest BCUT2D eigenvalue weighted by Crippen LogP contribution is -2.29. The number of hydrogen-bond donors (Lipinski definition) is 1. The van der Waals surface area contributed by atoms with Crippen molar-refractivity contribution in [3.8, 4) is 11.5 Å². The molecule has 206 valence electrons. The third-order valence-corrected chi connectivity index (χ3v) is 7.74. The third kappa shape index (κ3) is 5.45. The fraction of sp³-hybridized carbons (Fsp3) is 0.281. The number of ether oxygens (including phenoxy) is 2. The van der Waals surface area contributed by atoms with Crippen LogP contribution in [0.2, 0.25) is 0 Å². The van der Waals surface area contributed by atoms with Crippen LogP contribution in [0.15, 0.2) is 72.3 Å². The highest BCUT2D eigenvalue weighted by atomic mass is 32.1. The van der Waals surface area contributed by atoms with Gasteiger partial charge in [-0.05, 0) is 67.3 Å². The van der Waals surface area contributed by atoms with Crippen LogP contribution in [0, 0.1) is 6.92 Å². The summed E-state index contributed by atoms with van der Waals surface area (Å²) >= 11 is 1.34. The van der Waals surface area contributed by atoms with E-state index in [2.05, 4.69) is 6.92 Å². The van der Waals surface area contributed by atoms with Crippen molar-refractivity contribution in [3.63, 3.8) is 0 Å². The molecular formula is C32H32N2O5S. The number of benzene rings is 3. The normalized spacial score (nSPS) is 16.6. The van der Waals surface area contributed by atoms with Crippen LogP contribution in [-0.4, -0.2) is 35.0 Å². The average Bonchev–Trinajstić information content (AvgIpc) is 3.49. The molecule has 8 heteroatoms. The van der Waals surface area contributed by atoms with Crippen molar-refractivity contribution in [2.75, 3.05) is 18.1 Å². The maximum absolute atomic E-state index is 13.6. The van der Waals surface area contributed by atoms with Gasteiger partial charge in [-0.3, -0.25) is 14.5 Å². The molecule has 1 N–H and O–H groups in total. The van der Waals surface area contributed by atoms with Crippen molar-refractivity contribution < 1.29 is 24.2 Å². The summed E-state index contributed by atoms with van der Waals surface area (Å²) in [5.74, 6) is -0.474. The second-order valence-electron chi connectivity index (χ2n) is 9.78. The number of anilines is 1. The number of thiazole rings is 1. The molecule has 0 saturated carbocycles. The first-order valence-corrected chi connectivity index (χ1v) is 14.4. The van der Waals surface area contributed by atoms with E-state index >= 15 is 0 Å². The molecule has 0 aliphatic carbocycles. The van der Waals surface area contributed by atoms with Gasteiger partial charge in [-0.1, -0.05) is 61.9 Å². The predicted octanol–water partition coefficient (Wildman–Crippen LogP) is 7.20. The highest BCUT2D eigenvalue weighted by Gasteiger charge is 2.48. The molecule has 3 aromatic carbocycles. The minimum absolute atomic E-state index is 0.00775. The summed E-state index contributed by atoms with van der Waals surface area (Å²) < 4.78 is 12.5. The van der Waals surface area contributed by atoms with Gasteiger partial charge in [0.1, 0.15) is 17.3 Å². The molecule has 4 aromatic rings. The van der Waals surface area contributed by atoms with Crippen LogP contribution in [0.25, 0.3) is 16.0 Å². The first kappa shape index (κ1) is 27.4. The van der Waals surface area contributed by atoms with E-state index < -0.39 is 17.7 Å².